The molecule has 2 heterocycles. The highest BCUT2D eigenvalue weighted by Crippen LogP contribution is 2.36. The lowest BCUT2D eigenvalue weighted by atomic mass is 9.96. The van der Waals surface area contributed by atoms with Gasteiger partial charge >= 0.3 is 0 Å². The maximum absolute atomic E-state index is 6.26. The van der Waals surface area contributed by atoms with Crippen LogP contribution in [-0.4, -0.2) is 0 Å². The second-order valence-corrected chi connectivity index (χ2v) is 10.2. The third kappa shape index (κ3) is 4.43. The molecule has 0 aliphatic carbocycles. The van der Waals surface area contributed by atoms with Crippen molar-refractivity contribution in [1.29, 1.82) is 0 Å². The van der Waals surface area contributed by atoms with Gasteiger partial charge in [0.1, 0.15) is 16.9 Å². The lowest BCUT2D eigenvalue weighted by Crippen LogP contribution is -1.84. The molecule has 0 saturated carbocycles. The van der Waals surface area contributed by atoms with Crippen LogP contribution in [-0.2, 0) is 6.42 Å². The van der Waals surface area contributed by atoms with Gasteiger partial charge in [-0.15, -0.1) is 0 Å². The van der Waals surface area contributed by atoms with E-state index in [1.54, 1.807) is 6.26 Å². The van der Waals surface area contributed by atoms with Crippen molar-refractivity contribution in [3.8, 4) is 0 Å². The van der Waals surface area contributed by atoms with E-state index >= 15 is 0 Å². The Balaban J connectivity index is 1.22. The van der Waals surface area contributed by atoms with Crippen molar-refractivity contribution in [2.24, 2.45) is 0 Å². The Kier molecular flexibility index (Phi) is 6.21. The van der Waals surface area contributed by atoms with Gasteiger partial charge in [-0.1, -0.05) is 82.6 Å². The minimum absolute atomic E-state index is 0.942. The number of fused-ring (bicyclic) bond motifs is 7. The van der Waals surface area contributed by atoms with E-state index in [4.69, 9.17) is 8.83 Å². The fraction of sp³-hybridized carbons (Fsp3) is 0.333. The van der Waals surface area contributed by atoms with Crippen LogP contribution in [0.2, 0.25) is 0 Å². The van der Waals surface area contributed by atoms with Crippen LogP contribution in [0, 0.1) is 0 Å². The van der Waals surface area contributed by atoms with E-state index in [-0.39, 0.29) is 0 Å². The minimum Gasteiger partial charge on any atom is -0.464 e. The summed E-state index contributed by atoms with van der Waals surface area (Å²) >= 11 is 0. The molecule has 0 N–H and O–H groups in total. The summed E-state index contributed by atoms with van der Waals surface area (Å²) in [6, 6.07) is 22.2. The van der Waals surface area contributed by atoms with Crippen LogP contribution in [0.3, 0.4) is 0 Å². The highest BCUT2D eigenvalue weighted by molar-refractivity contribution is 6.20. The monoisotopic (exact) mass is 462 g/mol. The molecule has 0 aliphatic heterocycles. The van der Waals surface area contributed by atoms with Crippen LogP contribution in [0.15, 0.2) is 75.8 Å². The molecule has 0 atom stereocenters. The van der Waals surface area contributed by atoms with Crippen molar-refractivity contribution in [1.82, 2.24) is 0 Å². The molecule has 6 aromatic rings. The molecule has 0 amide bonds. The summed E-state index contributed by atoms with van der Waals surface area (Å²) in [6.07, 6.45) is 15.0. The first-order valence-electron chi connectivity index (χ1n) is 13.5. The number of benzene rings is 4. The van der Waals surface area contributed by atoms with Crippen LogP contribution < -0.4 is 0 Å². The summed E-state index contributed by atoms with van der Waals surface area (Å²) < 4.78 is 11.9. The number of unbranched alkanes of at least 4 members (excludes halogenated alkanes) is 8. The Labute approximate surface area is 206 Å². The van der Waals surface area contributed by atoms with Gasteiger partial charge in [0, 0.05) is 17.2 Å². The first-order chi connectivity index (χ1) is 17.3. The average Bonchev–Trinajstić information content (AvgIpc) is 3.50. The fourth-order valence-electron chi connectivity index (χ4n) is 5.65. The topological polar surface area (TPSA) is 26.3 Å². The lowest BCUT2D eigenvalue weighted by Gasteiger charge is -2.08. The quantitative estimate of drug-likeness (QED) is 0.149. The number of furan rings is 2. The van der Waals surface area contributed by atoms with Crippen molar-refractivity contribution in [3.63, 3.8) is 0 Å². The minimum atomic E-state index is 0.942. The van der Waals surface area contributed by atoms with E-state index in [0.717, 1.165) is 28.7 Å². The molecule has 2 heteroatoms. The number of aryl methyl sites for hydroxylation is 1. The third-order valence-electron chi connectivity index (χ3n) is 7.62. The Morgan fingerprint density at radius 2 is 1.14 bits per heavy atom. The fourth-order valence-corrected chi connectivity index (χ4v) is 5.65. The van der Waals surface area contributed by atoms with Crippen LogP contribution in [0.1, 0.15) is 70.5 Å². The SMILES string of the molecule is CCCCCCCCCCCc1cc2cc3c(ccc4c5cc6ccoc6cc5ccc34)cc2o1. The predicted octanol–water partition coefficient (Wildman–Crippen LogP) is 10.7. The Morgan fingerprint density at radius 1 is 0.514 bits per heavy atom. The zero-order valence-corrected chi connectivity index (χ0v) is 20.7. The average molecular weight is 463 g/mol. The van der Waals surface area contributed by atoms with Crippen LogP contribution >= 0.6 is 0 Å². The highest BCUT2D eigenvalue weighted by Gasteiger charge is 2.11. The first-order valence-corrected chi connectivity index (χ1v) is 13.5. The van der Waals surface area contributed by atoms with Crippen LogP contribution in [0.5, 0.6) is 0 Å². The van der Waals surface area contributed by atoms with E-state index in [9.17, 15) is 0 Å². The largest absolute Gasteiger partial charge is 0.464 e. The standard InChI is InChI=1S/C33H34O2/c1-2-3-4-5-6-7-8-9-10-11-27-18-26-20-31-24(22-33(26)35-27)13-15-28-29(31)14-12-23-21-32-25(16-17-34-32)19-30(23)28/h12-22H,2-11H2,1H3. The smallest absolute Gasteiger partial charge is 0.134 e. The van der Waals surface area contributed by atoms with Gasteiger partial charge in [-0.25, -0.2) is 0 Å². The Hall–Kier alpha value is -3.26. The zero-order valence-electron chi connectivity index (χ0n) is 20.7. The molecular weight excluding hydrogens is 428 g/mol. The molecule has 2 nitrogen and oxygen atoms in total. The van der Waals surface area contributed by atoms with Gasteiger partial charge in [-0.2, -0.15) is 0 Å². The summed E-state index contributed by atoms with van der Waals surface area (Å²) in [5.74, 6) is 1.12. The first kappa shape index (κ1) is 22.2. The van der Waals surface area contributed by atoms with Gasteiger partial charge in [-0.3, -0.25) is 0 Å². The van der Waals surface area contributed by atoms with Gasteiger partial charge in [0.25, 0.3) is 0 Å². The highest BCUT2D eigenvalue weighted by atomic mass is 16.3. The molecular formula is C33H34O2. The summed E-state index contributed by atoms with van der Waals surface area (Å²) in [6.45, 7) is 2.28. The molecule has 0 fully saturated rings. The van der Waals surface area contributed by atoms with E-state index in [0.29, 0.717) is 0 Å². The van der Waals surface area contributed by atoms with Gasteiger partial charge in [0.2, 0.25) is 0 Å². The second kappa shape index (κ2) is 9.77. The Bertz CT molecular complexity index is 1610. The van der Waals surface area contributed by atoms with Crippen molar-refractivity contribution >= 4 is 54.3 Å². The molecule has 0 unspecified atom stereocenters. The zero-order chi connectivity index (χ0) is 23.6. The number of hydrogen-bond donors (Lipinski definition) is 0. The van der Waals surface area contributed by atoms with Crippen LogP contribution in [0.25, 0.3) is 54.3 Å². The van der Waals surface area contributed by atoms with Gasteiger partial charge in [-0.05, 0) is 75.1 Å². The molecule has 0 bridgehead atoms. The van der Waals surface area contributed by atoms with E-state index in [1.807, 2.05) is 6.07 Å². The molecule has 0 radical (unpaired) electrons. The molecule has 2 aromatic heterocycles. The Morgan fingerprint density at radius 3 is 1.86 bits per heavy atom. The number of rotatable bonds is 10. The van der Waals surface area contributed by atoms with Crippen molar-refractivity contribution < 1.29 is 8.83 Å². The van der Waals surface area contributed by atoms with Gasteiger partial charge in [0.15, 0.2) is 0 Å². The second-order valence-electron chi connectivity index (χ2n) is 10.2. The van der Waals surface area contributed by atoms with E-state index in [1.165, 1.54) is 95.5 Å². The summed E-state index contributed by atoms with van der Waals surface area (Å²) in [4.78, 5) is 0. The molecule has 6 rings (SSSR count). The molecule has 0 saturated heterocycles. The third-order valence-corrected chi connectivity index (χ3v) is 7.62. The molecule has 0 aliphatic rings. The number of hydrogen-bond acceptors (Lipinski definition) is 2. The summed E-state index contributed by atoms with van der Waals surface area (Å²) in [5.41, 5.74) is 1.95. The lowest BCUT2D eigenvalue weighted by molar-refractivity contribution is 0.517. The predicted molar refractivity (Wildman–Crippen MR) is 149 cm³/mol. The molecule has 178 valence electrons. The normalized spacial score (nSPS) is 12.1. The molecule has 4 aromatic carbocycles. The molecule has 0 spiro atoms. The van der Waals surface area contributed by atoms with Crippen molar-refractivity contribution in [2.45, 2.75) is 71.1 Å². The molecule has 35 heavy (non-hydrogen) atoms. The maximum atomic E-state index is 6.26. The summed E-state index contributed by atoms with van der Waals surface area (Å²) in [5, 5.41) is 9.95. The van der Waals surface area contributed by atoms with Crippen molar-refractivity contribution in [3.05, 3.63) is 72.7 Å². The van der Waals surface area contributed by atoms with Gasteiger partial charge < -0.3 is 8.83 Å². The van der Waals surface area contributed by atoms with Crippen LogP contribution in [0.4, 0.5) is 0 Å². The maximum Gasteiger partial charge on any atom is 0.134 e. The van der Waals surface area contributed by atoms with Gasteiger partial charge in [0.05, 0.1) is 6.26 Å². The van der Waals surface area contributed by atoms with E-state index in [2.05, 4.69) is 61.5 Å². The summed E-state index contributed by atoms with van der Waals surface area (Å²) in [7, 11) is 0. The van der Waals surface area contributed by atoms with Crippen molar-refractivity contribution in [2.75, 3.05) is 0 Å². The van der Waals surface area contributed by atoms with E-state index < -0.39 is 0 Å².